The Morgan fingerprint density at radius 1 is 1.27 bits per heavy atom. The van der Waals surface area contributed by atoms with Gasteiger partial charge in [-0.15, -0.1) is 0 Å². The lowest BCUT2D eigenvalue weighted by molar-refractivity contribution is 0.119. The van der Waals surface area contributed by atoms with E-state index in [9.17, 15) is 0 Å². The molecule has 2 rings (SSSR count). The summed E-state index contributed by atoms with van der Waals surface area (Å²) in [6.45, 7) is 13.5. The number of aliphatic imine (C=N–C) groups is 1. The van der Waals surface area contributed by atoms with Crippen molar-refractivity contribution in [3.05, 3.63) is 17.0 Å². The van der Waals surface area contributed by atoms with Crippen LogP contribution in [0.15, 0.2) is 4.99 Å². The van der Waals surface area contributed by atoms with Crippen LogP contribution in [0.2, 0.25) is 0 Å². The van der Waals surface area contributed by atoms with Gasteiger partial charge in [-0.3, -0.25) is 14.6 Å². The first-order valence-corrected chi connectivity index (χ1v) is 9.74. The predicted octanol–water partition coefficient (Wildman–Crippen LogP) is 0.769. The van der Waals surface area contributed by atoms with Crippen LogP contribution >= 0.6 is 0 Å². The van der Waals surface area contributed by atoms with Gasteiger partial charge in [0, 0.05) is 51.0 Å². The van der Waals surface area contributed by atoms with Gasteiger partial charge in [0.15, 0.2) is 5.96 Å². The molecule has 0 spiro atoms. The molecular formula is C19H37N7. The Balaban J connectivity index is 1.97. The van der Waals surface area contributed by atoms with Crippen LogP contribution in [-0.2, 0) is 13.5 Å². The lowest BCUT2D eigenvalue weighted by Gasteiger charge is -2.37. The molecule has 1 saturated heterocycles. The van der Waals surface area contributed by atoms with Crippen LogP contribution in [0, 0.1) is 13.8 Å². The largest absolute Gasteiger partial charge is 0.357 e. The van der Waals surface area contributed by atoms with E-state index in [0.717, 1.165) is 50.8 Å². The van der Waals surface area contributed by atoms with E-state index in [0.29, 0.717) is 12.1 Å². The summed E-state index contributed by atoms with van der Waals surface area (Å²) in [5.41, 5.74) is 3.69. The minimum absolute atomic E-state index is 0.293. The first-order chi connectivity index (χ1) is 12.3. The molecule has 2 unspecified atom stereocenters. The van der Waals surface area contributed by atoms with Crippen LogP contribution in [0.4, 0.5) is 0 Å². The Kier molecular flexibility index (Phi) is 7.46. The van der Waals surface area contributed by atoms with Gasteiger partial charge in [-0.05, 0) is 53.8 Å². The third-order valence-electron chi connectivity index (χ3n) is 5.34. The zero-order valence-electron chi connectivity index (χ0n) is 17.6. The van der Waals surface area contributed by atoms with Crippen molar-refractivity contribution in [3.8, 4) is 0 Å². The second kappa shape index (κ2) is 9.37. The monoisotopic (exact) mass is 363 g/mol. The molecule has 0 aliphatic carbocycles. The predicted molar refractivity (Wildman–Crippen MR) is 109 cm³/mol. The number of nitrogens with one attached hydrogen (secondary N) is 2. The van der Waals surface area contributed by atoms with Crippen molar-refractivity contribution in [2.75, 3.05) is 46.8 Å². The van der Waals surface area contributed by atoms with Gasteiger partial charge in [0.1, 0.15) is 0 Å². The van der Waals surface area contributed by atoms with Gasteiger partial charge in [0.2, 0.25) is 0 Å². The summed E-state index contributed by atoms with van der Waals surface area (Å²) in [5, 5.41) is 11.5. The van der Waals surface area contributed by atoms with Gasteiger partial charge < -0.3 is 15.5 Å². The first kappa shape index (κ1) is 20.7. The maximum atomic E-state index is 4.86. The maximum Gasteiger partial charge on any atom is 0.191 e. The van der Waals surface area contributed by atoms with Gasteiger partial charge in [0.05, 0.1) is 12.2 Å². The van der Waals surface area contributed by atoms with E-state index in [4.69, 9.17) is 4.99 Å². The lowest BCUT2D eigenvalue weighted by Crippen LogP contribution is -2.52. The number of guanidine groups is 1. The van der Waals surface area contributed by atoms with Crippen LogP contribution in [0.5, 0.6) is 0 Å². The molecule has 2 atom stereocenters. The molecule has 1 aliphatic heterocycles. The van der Waals surface area contributed by atoms with Crippen LogP contribution < -0.4 is 10.6 Å². The van der Waals surface area contributed by atoms with E-state index in [-0.39, 0.29) is 0 Å². The molecule has 148 valence electrons. The van der Waals surface area contributed by atoms with Gasteiger partial charge in [-0.25, -0.2) is 0 Å². The van der Waals surface area contributed by atoms with E-state index in [1.165, 1.54) is 11.3 Å². The van der Waals surface area contributed by atoms with E-state index in [1.54, 1.807) is 0 Å². The van der Waals surface area contributed by atoms with Crippen LogP contribution in [0.3, 0.4) is 0 Å². The molecule has 2 heterocycles. The van der Waals surface area contributed by atoms with Crippen molar-refractivity contribution in [2.45, 2.75) is 46.2 Å². The Labute approximate surface area is 158 Å². The quantitative estimate of drug-likeness (QED) is 0.577. The summed E-state index contributed by atoms with van der Waals surface area (Å²) in [4.78, 5) is 9.66. The molecule has 1 aliphatic rings. The number of piperazine rings is 1. The fourth-order valence-corrected chi connectivity index (χ4v) is 3.52. The smallest absolute Gasteiger partial charge is 0.191 e. The second-order valence-corrected chi connectivity index (χ2v) is 7.64. The van der Waals surface area contributed by atoms with E-state index >= 15 is 0 Å². The van der Waals surface area contributed by atoms with Crippen molar-refractivity contribution in [3.63, 3.8) is 0 Å². The standard InChI is InChI=1S/C19H37N7/c1-8-20-19(21-12-17-13-24(5)9-10-25(17)6)22-14(2)11-18-15(3)23-26(7)16(18)4/h14,17H,8-13H2,1-7H3,(H2,20,21,22). The highest BCUT2D eigenvalue weighted by Crippen LogP contribution is 2.14. The van der Waals surface area contributed by atoms with Gasteiger partial charge in [0.25, 0.3) is 0 Å². The number of hydrogen-bond acceptors (Lipinski definition) is 4. The number of aryl methyl sites for hydroxylation is 2. The lowest BCUT2D eigenvalue weighted by atomic mass is 10.1. The molecule has 0 amide bonds. The fraction of sp³-hybridized carbons (Fsp3) is 0.789. The molecule has 2 N–H and O–H groups in total. The number of hydrogen-bond donors (Lipinski definition) is 2. The van der Waals surface area contributed by atoms with Gasteiger partial charge in [-0.1, -0.05) is 0 Å². The number of rotatable bonds is 6. The van der Waals surface area contributed by atoms with Gasteiger partial charge in [-0.2, -0.15) is 5.10 Å². The number of likely N-dealkylation sites (N-methyl/N-ethyl adjacent to an activating group) is 2. The fourth-order valence-electron chi connectivity index (χ4n) is 3.52. The first-order valence-electron chi connectivity index (χ1n) is 9.74. The maximum absolute atomic E-state index is 4.86. The molecule has 0 radical (unpaired) electrons. The Hall–Kier alpha value is -1.60. The third kappa shape index (κ3) is 5.45. The zero-order chi connectivity index (χ0) is 19.3. The molecule has 0 bridgehead atoms. The summed E-state index contributed by atoms with van der Waals surface area (Å²) in [6.07, 6.45) is 0.946. The highest BCUT2D eigenvalue weighted by atomic mass is 15.3. The summed E-state index contributed by atoms with van der Waals surface area (Å²) in [7, 11) is 6.39. The van der Waals surface area contributed by atoms with Crippen LogP contribution in [0.1, 0.15) is 30.8 Å². The van der Waals surface area contributed by atoms with Crippen LogP contribution in [-0.4, -0.2) is 84.4 Å². The zero-order valence-corrected chi connectivity index (χ0v) is 17.6. The van der Waals surface area contributed by atoms with Crippen molar-refractivity contribution in [1.29, 1.82) is 0 Å². The molecule has 0 saturated carbocycles. The number of aromatic nitrogens is 2. The Morgan fingerprint density at radius 2 is 2.00 bits per heavy atom. The molecule has 7 heteroatoms. The van der Waals surface area contributed by atoms with E-state index in [2.05, 4.69) is 67.3 Å². The van der Waals surface area contributed by atoms with Crippen molar-refractivity contribution >= 4 is 5.96 Å². The Bertz CT molecular complexity index is 607. The van der Waals surface area contributed by atoms with Crippen molar-refractivity contribution in [2.24, 2.45) is 12.0 Å². The Morgan fingerprint density at radius 3 is 2.62 bits per heavy atom. The van der Waals surface area contributed by atoms with Crippen molar-refractivity contribution < 1.29 is 0 Å². The number of nitrogens with zero attached hydrogens (tertiary/aromatic N) is 5. The molecular weight excluding hydrogens is 326 g/mol. The highest BCUT2D eigenvalue weighted by Gasteiger charge is 2.22. The molecule has 0 aromatic carbocycles. The minimum Gasteiger partial charge on any atom is -0.357 e. The van der Waals surface area contributed by atoms with E-state index in [1.807, 2.05) is 11.7 Å². The molecule has 7 nitrogen and oxygen atoms in total. The minimum atomic E-state index is 0.293. The molecule has 1 aromatic rings. The molecule has 1 aromatic heterocycles. The molecule has 26 heavy (non-hydrogen) atoms. The van der Waals surface area contributed by atoms with Crippen molar-refractivity contribution in [1.82, 2.24) is 30.2 Å². The topological polar surface area (TPSA) is 60.7 Å². The van der Waals surface area contributed by atoms with E-state index < -0.39 is 0 Å². The van der Waals surface area contributed by atoms with Crippen LogP contribution in [0.25, 0.3) is 0 Å². The summed E-state index contributed by atoms with van der Waals surface area (Å²) < 4.78 is 1.96. The SMILES string of the molecule is CCNC(=NCC1CN(C)CCN1C)NC(C)Cc1c(C)nn(C)c1C. The summed E-state index contributed by atoms with van der Waals surface area (Å²) >= 11 is 0. The summed E-state index contributed by atoms with van der Waals surface area (Å²) in [6, 6.07) is 0.767. The average molecular weight is 364 g/mol. The second-order valence-electron chi connectivity index (χ2n) is 7.64. The third-order valence-corrected chi connectivity index (χ3v) is 5.34. The van der Waals surface area contributed by atoms with Gasteiger partial charge >= 0.3 is 0 Å². The molecule has 1 fully saturated rings. The normalized spacial score (nSPS) is 21.0. The highest BCUT2D eigenvalue weighted by molar-refractivity contribution is 5.80. The summed E-state index contributed by atoms with van der Waals surface area (Å²) in [5.74, 6) is 0.904. The average Bonchev–Trinajstić information content (AvgIpc) is 2.82.